The number of likely N-dealkylation sites (N-methyl/N-ethyl adjacent to an activating group) is 1. The van der Waals surface area contributed by atoms with Crippen LogP contribution in [-0.2, 0) is 16.0 Å². The second-order valence-corrected chi connectivity index (χ2v) is 7.67. The highest BCUT2D eigenvalue weighted by Crippen LogP contribution is 2.41. The molecule has 1 aromatic heterocycles. The van der Waals surface area contributed by atoms with Crippen LogP contribution in [0.5, 0.6) is 0 Å². The molecule has 2 atom stereocenters. The fraction of sp³-hybridized carbons (Fsp3) is 0.273. The van der Waals surface area contributed by atoms with Gasteiger partial charge in [0.1, 0.15) is 17.7 Å². The van der Waals surface area contributed by atoms with Gasteiger partial charge in [-0.2, -0.15) is 0 Å². The maximum absolute atomic E-state index is 13.6. The standard InChI is InChI=1S/C22H21ClFN3O2/c1-26(2)22(29)18-11-16-15-5-3-4-6-17(15)25-20(16)21(27(18)19(28)12-23)13-7-9-14(24)10-8-13/h3-10,18,21,25H,11-12H2,1-2H3/t18-,21+/m1/s1. The van der Waals surface area contributed by atoms with Crippen LogP contribution >= 0.6 is 11.6 Å². The van der Waals surface area contributed by atoms with Gasteiger partial charge in [-0.1, -0.05) is 30.3 Å². The van der Waals surface area contributed by atoms with E-state index in [4.69, 9.17) is 11.6 Å². The Hall–Kier alpha value is -2.86. The van der Waals surface area contributed by atoms with Gasteiger partial charge in [-0.3, -0.25) is 9.59 Å². The van der Waals surface area contributed by atoms with Crippen molar-refractivity contribution in [2.45, 2.75) is 18.5 Å². The van der Waals surface area contributed by atoms with Gasteiger partial charge < -0.3 is 14.8 Å². The predicted molar refractivity (Wildman–Crippen MR) is 110 cm³/mol. The molecule has 0 spiro atoms. The zero-order valence-electron chi connectivity index (χ0n) is 16.2. The SMILES string of the molecule is CN(C)C(=O)[C@H]1Cc2c([nH]c3ccccc23)[C@H](c2ccc(F)cc2)N1C(=O)CCl. The molecule has 0 radical (unpaired) electrons. The average Bonchev–Trinajstić information content (AvgIpc) is 3.10. The zero-order chi connectivity index (χ0) is 20.7. The molecule has 0 saturated heterocycles. The lowest BCUT2D eigenvalue weighted by molar-refractivity contribution is -0.145. The van der Waals surface area contributed by atoms with Crippen LogP contribution < -0.4 is 0 Å². The van der Waals surface area contributed by atoms with Crippen LogP contribution in [0.1, 0.15) is 22.9 Å². The van der Waals surface area contributed by atoms with Crippen LogP contribution in [0.4, 0.5) is 4.39 Å². The summed E-state index contributed by atoms with van der Waals surface area (Å²) >= 11 is 5.93. The van der Waals surface area contributed by atoms with E-state index in [2.05, 4.69) is 4.98 Å². The van der Waals surface area contributed by atoms with Gasteiger partial charge in [-0.05, 0) is 29.3 Å². The maximum Gasteiger partial charge on any atom is 0.245 e. The van der Waals surface area contributed by atoms with E-state index in [1.165, 1.54) is 17.0 Å². The third-order valence-corrected chi connectivity index (χ3v) is 5.67. The number of benzene rings is 2. The average molecular weight is 414 g/mol. The van der Waals surface area contributed by atoms with E-state index in [9.17, 15) is 14.0 Å². The van der Waals surface area contributed by atoms with E-state index in [-0.39, 0.29) is 23.5 Å². The van der Waals surface area contributed by atoms with Crippen molar-refractivity contribution < 1.29 is 14.0 Å². The van der Waals surface area contributed by atoms with Gasteiger partial charge in [0.2, 0.25) is 11.8 Å². The van der Waals surface area contributed by atoms with Crippen molar-refractivity contribution in [2.24, 2.45) is 0 Å². The van der Waals surface area contributed by atoms with Crippen molar-refractivity contribution in [1.29, 1.82) is 0 Å². The molecule has 0 fully saturated rings. The van der Waals surface area contributed by atoms with Gasteiger partial charge in [0.05, 0.1) is 6.04 Å². The molecule has 2 heterocycles. The first-order chi connectivity index (χ1) is 13.9. The van der Waals surface area contributed by atoms with Crippen molar-refractivity contribution >= 4 is 34.3 Å². The molecule has 0 aliphatic carbocycles. The van der Waals surface area contributed by atoms with Crippen LogP contribution in [-0.4, -0.2) is 52.6 Å². The van der Waals surface area contributed by atoms with E-state index in [1.54, 1.807) is 31.1 Å². The monoisotopic (exact) mass is 413 g/mol. The number of nitrogens with one attached hydrogen (secondary N) is 1. The molecule has 0 bridgehead atoms. The minimum atomic E-state index is -0.696. The Balaban J connectivity index is 1.98. The molecule has 1 N–H and O–H groups in total. The first kappa shape index (κ1) is 19.5. The minimum Gasteiger partial charge on any atom is -0.356 e. The Morgan fingerprint density at radius 2 is 1.86 bits per heavy atom. The molecule has 0 unspecified atom stereocenters. The highest BCUT2D eigenvalue weighted by molar-refractivity contribution is 6.27. The summed E-state index contributed by atoms with van der Waals surface area (Å²) in [5, 5.41) is 1.02. The number of amides is 2. The van der Waals surface area contributed by atoms with Gasteiger partial charge >= 0.3 is 0 Å². The lowest BCUT2D eigenvalue weighted by atomic mass is 9.87. The lowest BCUT2D eigenvalue weighted by Crippen LogP contribution is -2.54. The minimum absolute atomic E-state index is 0.175. The van der Waals surface area contributed by atoms with Crippen LogP contribution in [0.2, 0.25) is 0 Å². The molecule has 1 aliphatic heterocycles. The van der Waals surface area contributed by atoms with Gasteiger partial charge in [-0.25, -0.2) is 4.39 Å². The van der Waals surface area contributed by atoms with Crippen molar-refractivity contribution in [1.82, 2.24) is 14.8 Å². The van der Waals surface area contributed by atoms with Gasteiger partial charge in [0, 0.05) is 37.1 Å². The summed E-state index contributed by atoms with van der Waals surface area (Å²) in [4.78, 5) is 32.4. The molecule has 4 rings (SSSR count). The first-order valence-corrected chi connectivity index (χ1v) is 9.89. The van der Waals surface area contributed by atoms with Crippen molar-refractivity contribution in [3.05, 3.63) is 71.2 Å². The largest absolute Gasteiger partial charge is 0.356 e. The Morgan fingerprint density at radius 3 is 2.52 bits per heavy atom. The third-order valence-electron chi connectivity index (χ3n) is 5.45. The molecule has 0 saturated carbocycles. The number of hydrogen-bond acceptors (Lipinski definition) is 2. The van der Waals surface area contributed by atoms with Crippen LogP contribution in [0, 0.1) is 5.82 Å². The Labute approximate surface area is 173 Å². The number of carbonyl (C=O) groups is 2. The number of carbonyl (C=O) groups excluding carboxylic acids is 2. The summed E-state index contributed by atoms with van der Waals surface area (Å²) in [5.74, 6) is -1.13. The fourth-order valence-corrected chi connectivity index (χ4v) is 4.29. The molecule has 3 aromatic rings. The second-order valence-electron chi connectivity index (χ2n) is 7.40. The number of aromatic amines is 1. The topological polar surface area (TPSA) is 56.4 Å². The van der Waals surface area contributed by atoms with Gasteiger partial charge in [-0.15, -0.1) is 11.6 Å². The molecule has 29 heavy (non-hydrogen) atoms. The van der Waals surface area contributed by atoms with E-state index >= 15 is 0 Å². The van der Waals surface area contributed by atoms with Gasteiger partial charge in [0.25, 0.3) is 0 Å². The van der Waals surface area contributed by atoms with E-state index in [0.29, 0.717) is 12.0 Å². The van der Waals surface area contributed by atoms with Crippen molar-refractivity contribution in [3.8, 4) is 0 Å². The van der Waals surface area contributed by atoms with E-state index < -0.39 is 12.1 Å². The fourth-order valence-electron chi connectivity index (χ4n) is 4.15. The smallest absolute Gasteiger partial charge is 0.245 e. The summed E-state index contributed by atoms with van der Waals surface area (Å²) in [5.41, 5.74) is 3.47. The van der Waals surface area contributed by atoms with Gasteiger partial charge in [0.15, 0.2) is 0 Å². The van der Waals surface area contributed by atoms with Crippen LogP contribution in [0.3, 0.4) is 0 Å². The lowest BCUT2D eigenvalue weighted by Gasteiger charge is -2.42. The molecular weight excluding hydrogens is 393 g/mol. The summed E-state index contributed by atoms with van der Waals surface area (Å²) in [6, 6.07) is 12.6. The first-order valence-electron chi connectivity index (χ1n) is 9.35. The number of rotatable bonds is 3. The number of aromatic nitrogens is 1. The van der Waals surface area contributed by atoms with Crippen LogP contribution in [0.15, 0.2) is 48.5 Å². The highest BCUT2D eigenvalue weighted by Gasteiger charge is 2.43. The van der Waals surface area contributed by atoms with Crippen LogP contribution in [0.25, 0.3) is 10.9 Å². The Kier molecular flexibility index (Phi) is 5.04. The second kappa shape index (κ2) is 7.52. The maximum atomic E-state index is 13.6. The predicted octanol–water partition coefficient (Wildman–Crippen LogP) is 3.48. The van der Waals surface area contributed by atoms with E-state index in [0.717, 1.165) is 22.2 Å². The Bertz CT molecular complexity index is 1080. The molecule has 1 aliphatic rings. The molecule has 5 nitrogen and oxygen atoms in total. The van der Waals surface area contributed by atoms with Crippen molar-refractivity contribution in [3.63, 3.8) is 0 Å². The number of nitrogens with zero attached hydrogens (tertiary/aromatic N) is 2. The summed E-state index contributed by atoms with van der Waals surface area (Å²) in [7, 11) is 3.34. The summed E-state index contributed by atoms with van der Waals surface area (Å²) < 4.78 is 13.6. The number of alkyl halides is 1. The normalized spacial score (nSPS) is 18.6. The molecule has 2 aromatic carbocycles. The Morgan fingerprint density at radius 1 is 1.17 bits per heavy atom. The summed E-state index contributed by atoms with van der Waals surface area (Å²) in [6.45, 7) is 0. The number of halogens is 2. The highest BCUT2D eigenvalue weighted by atomic mass is 35.5. The third kappa shape index (κ3) is 3.27. The number of fused-ring (bicyclic) bond motifs is 3. The van der Waals surface area contributed by atoms with E-state index in [1.807, 2.05) is 24.3 Å². The molecular formula is C22H21ClFN3O2. The molecule has 2 amide bonds. The zero-order valence-corrected chi connectivity index (χ0v) is 16.9. The molecule has 7 heteroatoms. The number of H-pyrrole nitrogens is 1. The quantitative estimate of drug-likeness (QED) is 0.668. The number of para-hydroxylation sites is 1. The molecule has 150 valence electrons. The van der Waals surface area contributed by atoms with Crippen molar-refractivity contribution in [2.75, 3.05) is 20.0 Å². The number of hydrogen-bond donors (Lipinski definition) is 1. The summed E-state index contributed by atoms with van der Waals surface area (Å²) in [6.07, 6.45) is 0.386.